The summed E-state index contributed by atoms with van der Waals surface area (Å²) < 4.78 is -1.56. The van der Waals surface area contributed by atoms with Crippen molar-refractivity contribution in [2.45, 2.75) is 16.3 Å². The Kier molecular flexibility index (Phi) is 3.16. The second-order valence-corrected chi connectivity index (χ2v) is 6.97. The molecule has 0 unspecified atom stereocenters. The third-order valence-electron chi connectivity index (χ3n) is 3.52. The lowest BCUT2D eigenvalue weighted by molar-refractivity contribution is -0.120. The summed E-state index contributed by atoms with van der Waals surface area (Å²) in [5.74, 6) is 0. The Morgan fingerprint density at radius 2 is 2.05 bits per heavy atom. The number of amides is 1. The summed E-state index contributed by atoms with van der Waals surface area (Å²) in [5, 5.41) is 1.13. The van der Waals surface area contributed by atoms with Gasteiger partial charge in [0, 0.05) is 23.1 Å². The van der Waals surface area contributed by atoms with Crippen LogP contribution in [0.4, 0.5) is 0 Å². The standard InChI is InChI=1S/C13H11Cl3N2O/c14-13(15,16)12-11-9(5-6-18(12)7-19)8-3-1-2-4-10(8)17-11/h1-4,7,12,17H,5-6H2/t12-/m0/s1. The lowest BCUT2D eigenvalue weighted by atomic mass is 9.98. The number of para-hydroxylation sites is 1. The Morgan fingerprint density at radius 3 is 2.74 bits per heavy atom. The molecule has 3 nitrogen and oxygen atoms in total. The number of carbonyl (C=O) groups excluding carboxylic acids is 1. The van der Waals surface area contributed by atoms with Gasteiger partial charge in [0.2, 0.25) is 10.2 Å². The molecule has 1 N–H and O–H groups in total. The van der Waals surface area contributed by atoms with Crippen LogP contribution in [0.15, 0.2) is 24.3 Å². The highest BCUT2D eigenvalue weighted by Crippen LogP contribution is 2.47. The maximum absolute atomic E-state index is 11.2. The van der Waals surface area contributed by atoms with Crippen LogP contribution in [-0.2, 0) is 11.2 Å². The van der Waals surface area contributed by atoms with Gasteiger partial charge in [-0.1, -0.05) is 53.0 Å². The molecule has 2 heterocycles. The fraction of sp³-hybridized carbons (Fsp3) is 0.308. The highest BCUT2D eigenvalue weighted by Gasteiger charge is 2.43. The van der Waals surface area contributed by atoms with E-state index in [1.165, 1.54) is 4.90 Å². The van der Waals surface area contributed by atoms with Crippen LogP contribution in [0.3, 0.4) is 0 Å². The Hall–Kier alpha value is -0.900. The molecule has 1 aromatic carbocycles. The summed E-state index contributed by atoms with van der Waals surface area (Å²) in [4.78, 5) is 16.0. The molecule has 1 amide bonds. The molecule has 0 aliphatic carbocycles. The van der Waals surface area contributed by atoms with E-state index in [1.807, 2.05) is 24.3 Å². The quantitative estimate of drug-likeness (QED) is 0.633. The maximum atomic E-state index is 11.2. The maximum Gasteiger partial charge on any atom is 0.216 e. The molecular formula is C13H11Cl3N2O. The first-order chi connectivity index (χ1) is 9.02. The molecule has 0 bridgehead atoms. The van der Waals surface area contributed by atoms with Crippen molar-refractivity contribution < 1.29 is 4.79 Å². The number of rotatable bonds is 1. The number of H-pyrrole nitrogens is 1. The first kappa shape index (κ1) is 13.1. The zero-order chi connectivity index (χ0) is 13.6. The SMILES string of the molecule is O=CN1CCc2c([nH]c3ccccc23)[C@H]1C(Cl)(Cl)Cl. The van der Waals surface area contributed by atoms with Gasteiger partial charge in [0.05, 0.1) is 0 Å². The third-order valence-corrected chi connectivity index (χ3v) is 4.14. The van der Waals surface area contributed by atoms with Crippen LogP contribution in [0.1, 0.15) is 17.3 Å². The average molecular weight is 318 g/mol. The Bertz CT molecular complexity index is 632. The molecule has 0 spiro atoms. The summed E-state index contributed by atoms with van der Waals surface area (Å²) >= 11 is 18.2. The van der Waals surface area contributed by atoms with Gasteiger partial charge < -0.3 is 9.88 Å². The summed E-state index contributed by atoms with van der Waals surface area (Å²) in [6.45, 7) is 0.553. The number of aromatic nitrogens is 1. The van der Waals surface area contributed by atoms with E-state index in [0.717, 1.165) is 35.0 Å². The van der Waals surface area contributed by atoms with E-state index >= 15 is 0 Å². The monoisotopic (exact) mass is 316 g/mol. The summed E-state index contributed by atoms with van der Waals surface area (Å²) in [7, 11) is 0. The van der Waals surface area contributed by atoms with E-state index in [9.17, 15) is 4.79 Å². The summed E-state index contributed by atoms with van der Waals surface area (Å²) in [6, 6.07) is 7.37. The van der Waals surface area contributed by atoms with Crippen LogP contribution in [-0.4, -0.2) is 26.6 Å². The van der Waals surface area contributed by atoms with Crippen molar-refractivity contribution in [1.82, 2.24) is 9.88 Å². The van der Waals surface area contributed by atoms with Gasteiger partial charge in [-0.3, -0.25) is 4.79 Å². The van der Waals surface area contributed by atoms with E-state index in [4.69, 9.17) is 34.8 Å². The molecule has 0 saturated carbocycles. The van der Waals surface area contributed by atoms with Crippen molar-refractivity contribution in [3.63, 3.8) is 0 Å². The molecule has 19 heavy (non-hydrogen) atoms. The number of hydrogen-bond acceptors (Lipinski definition) is 1. The Labute approximate surface area is 125 Å². The Balaban J connectivity index is 2.22. The van der Waals surface area contributed by atoms with E-state index in [1.54, 1.807) is 0 Å². The minimum Gasteiger partial charge on any atom is -0.356 e. The molecule has 1 aliphatic heterocycles. The number of alkyl halides is 3. The normalized spacial score (nSPS) is 19.5. The van der Waals surface area contributed by atoms with Gasteiger partial charge in [-0.2, -0.15) is 0 Å². The van der Waals surface area contributed by atoms with Crippen molar-refractivity contribution in [2.24, 2.45) is 0 Å². The fourth-order valence-electron chi connectivity index (χ4n) is 2.72. The van der Waals surface area contributed by atoms with Crippen LogP contribution < -0.4 is 0 Å². The van der Waals surface area contributed by atoms with Crippen LogP contribution >= 0.6 is 34.8 Å². The largest absolute Gasteiger partial charge is 0.356 e. The molecule has 1 atom stereocenters. The van der Waals surface area contributed by atoms with E-state index in [0.29, 0.717) is 6.54 Å². The van der Waals surface area contributed by atoms with Gasteiger partial charge in [-0.25, -0.2) is 0 Å². The average Bonchev–Trinajstić information content (AvgIpc) is 2.74. The van der Waals surface area contributed by atoms with Crippen LogP contribution in [0.25, 0.3) is 10.9 Å². The predicted octanol–water partition coefficient (Wildman–Crippen LogP) is 3.59. The molecule has 2 aromatic rings. The van der Waals surface area contributed by atoms with E-state index < -0.39 is 9.83 Å². The van der Waals surface area contributed by atoms with Gasteiger partial charge in [-0.15, -0.1) is 0 Å². The lowest BCUT2D eigenvalue weighted by Crippen LogP contribution is -2.41. The minimum atomic E-state index is -1.56. The summed E-state index contributed by atoms with van der Waals surface area (Å²) in [5.41, 5.74) is 2.95. The highest BCUT2D eigenvalue weighted by molar-refractivity contribution is 6.68. The van der Waals surface area contributed by atoms with Crippen molar-refractivity contribution in [2.75, 3.05) is 6.54 Å². The van der Waals surface area contributed by atoms with Gasteiger partial charge in [-0.05, 0) is 18.1 Å². The molecule has 1 aromatic heterocycles. The van der Waals surface area contributed by atoms with Gasteiger partial charge in [0.1, 0.15) is 6.04 Å². The molecule has 0 saturated heterocycles. The number of aromatic amines is 1. The zero-order valence-corrected chi connectivity index (χ0v) is 12.1. The van der Waals surface area contributed by atoms with Gasteiger partial charge >= 0.3 is 0 Å². The lowest BCUT2D eigenvalue weighted by Gasteiger charge is -2.36. The van der Waals surface area contributed by atoms with Crippen LogP contribution in [0, 0.1) is 0 Å². The van der Waals surface area contributed by atoms with Crippen molar-refractivity contribution in [1.29, 1.82) is 0 Å². The zero-order valence-electron chi connectivity index (χ0n) is 9.87. The van der Waals surface area contributed by atoms with Crippen LogP contribution in [0.5, 0.6) is 0 Å². The molecule has 0 fully saturated rings. The summed E-state index contributed by atoms with van der Waals surface area (Å²) in [6.07, 6.45) is 1.50. The number of halogens is 3. The van der Waals surface area contributed by atoms with Crippen molar-refractivity contribution in [3.8, 4) is 0 Å². The second-order valence-electron chi connectivity index (χ2n) is 4.60. The number of fused-ring (bicyclic) bond motifs is 3. The topological polar surface area (TPSA) is 36.1 Å². The second kappa shape index (κ2) is 4.58. The third kappa shape index (κ3) is 2.10. The number of nitrogens with one attached hydrogen (secondary N) is 1. The Morgan fingerprint density at radius 1 is 1.32 bits per heavy atom. The molecule has 6 heteroatoms. The molecule has 100 valence electrons. The van der Waals surface area contributed by atoms with Gasteiger partial charge in [0.15, 0.2) is 0 Å². The number of nitrogens with zero attached hydrogens (tertiary/aromatic N) is 1. The number of hydrogen-bond donors (Lipinski definition) is 1. The first-order valence-corrected chi connectivity index (χ1v) is 7.03. The molecular weight excluding hydrogens is 307 g/mol. The highest BCUT2D eigenvalue weighted by atomic mass is 35.6. The first-order valence-electron chi connectivity index (χ1n) is 5.89. The van der Waals surface area contributed by atoms with E-state index in [2.05, 4.69) is 4.98 Å². The van der Waals surface area contributed by atoms with Crippen molar-refractivity contribution in [3.05, 3.63) is 35.5 Å². The number of benzene rings is 1. The predicted molar refractivity (Wildman–Crippen MR) is 77.8 cm³/mol. The van der Waals surface area contributed by atoms with Gasteiger partial charge in [0.25, 0.3) is 0 Å². The van der Waals surface area contributed by atoms with Crippen molar-refractivity contribution >= 4 is 52.1 Å². The molecule has 3 rings (SSSR count). The minimum absolute atomic E-state index is 0.553. The number of carbonyl (C=O) groups is 1. The van der Waals surface area contributed by atoms with E-state index in [-0.39, 0.29) is 0 Å². The van der Waals surface area contributed by atoms with Crippen LogP contribution in [0.2, 0.25) is 0 Å². The fourth-order valence-corrected chi connectivity index (χ4v) is 3.43. The smallest absolute Gasteiger partial charge is 0.216 e. The molecule has 0 radical (unpaired) electrons. The molecule has 1 aliphatic rings.